The maximum absolute atomic E-state index is 13.2. The van der Waals surface area contributed by atoms with E-state index < -0.39 is 11.6 Å². The molecule has 1 fully saturated rings. The minimum atomic E-state index is -0.631. The van der Waals surface area contributed by atoms with Crippen LogP contribution in [0.15, 0.2) is 42.7 Å². The number of carbonyl (C=O) groups is 1. The van der Waals surface area contributed by atoms with Crippen LogP contribution in [0.25, 0.3) is 11.0 Å². The van der Waals surface area contributed by atoms with Crippen molar-refractivity contribution in [2.24, 2.45) is 5.92 Å². The van der Waals surface area contributed by atoms with E-state index in [0.29, 0.717) is 5.56 Å². The Morgan fingerprint density at radius 1 is 1.21 bits per heavy atom. The van der Waals surface area contributed by atoms with E-state index in [1.165, 1.54) is 17.7 Å². The molecule has 1 aromatic carbocycles. The highest BCUT2D eigenvalue weighted by atomic mass is 19.1. The molecule has 0 atom stereocenters. The van der Waals surface area contributed by atoms with Crippen molar-refractivity contribution < 1.29 is 13.6 Å². The third kappa shape index (κ3) is 4.79. The number of pyridine rings is 1. The summed E-state index contributed by atoms with van der Waals surface area (Å²) in [5.41, 5.74) is 2.60. The number of fused-ring (bicyclic) bond motifs is 1. The van der Waals surface area contributed by atoms with E-state index in [-0.39, 0.29) is 18.4 Å². The van der Waals surface area contributed by atoms with Gasteiger partial charge in [0.05, 0.1) is 0 Å². The van der Waals surface area contributed by atoms with Crippen molar-refractivity contribution in [2.75, 3.05) is 19.6 Å². The molecule has 4 rings (SSSR count). The van der Waals surface area contributed by atoms with Crippen molar-refractivity contribution in [3.8, 4) is 0 Å². The van der Waals surface area contributed by atoms with Gasteiger partial charge in [-0.05, 0) is 67.7 Å². The van der Waals surface area contributed by atoms with Crippen LogP contribution < -0.4 is 5.32 Å². The average molecular weight is 398 g/mol. The summed E-state index contributed by atoms with van der Waals surface area (Å²) in [7, 11) is 0. The first-order valence-corrected chi connectivity index (χ1v) is 9.94. The molecule has 5 nitrogen and oxygen atoms in total. The van der Waals surface area contributed by atoms with Gasteiger partial charge in [-0.25, -0.2) is 13.8 Å². The Balaban J connectivity index is 1.23. The standard InChI is InChI=1S/C22H24F2N4O/c23-18-10-15(11-19(24)12-18)13-27-22(29)16-3-7-28(8-4-16)9-5-17-14-26-21-20(17)2-1-6-25-21/h1-2,6,10-12,14,16H,3-5,7-9,13H2,(H,25,26)(H,27,29). The lowest BCUT2D eigenvalue weighted by atomic mass is 9.95. The summed E-state index contributed by atoms with van der Waals surface area (Å²) >= 11 is 0. The minimum Gasteiger partial charge on any atom is -0.352 e. The first-order valence-electron chi connectivity index (χ1n) is 9.94. The summed E-state index contributed by atoms with van der Waals surface area (Å²) in [6, 6.07) is 7.34. The van der Waals surface area contributed by atoms with Crippen molar-refractivity contribution >= 4 is 16.9 Å². The number of amides is 1. The molecule has 3 heterocycles. The maximum Gasteiger partial charge on any atom is 0.223 e. The first kappa shape index (κ1) is 19.5. The van der Waals surface area contributed by atoms with Crippen LogP contribution in [0.2, 0.25) is 0 Å². The molecule has 0 spiro atoms. The van der Waals surface area contributed by atoms with Gasteiger partial charge in [-0.3, -0.25) is 4.79 Å². The van der Waals surface area contributed by atoms with Gasteiger partial charge < -0.3 is 15.2 Å². The number of rotatable bonds is 6. The lowest BCUT2D eigenvalue weighted by Gasteiger charge is -2.31. The van der Waals surface area contributed by atoms with Crippen LogP contribution in [0.3, 0.4) is 0 Å². The number of halogens is 2. The second kappa shape index (κ2) is 8.69. The first-order chi connectivity index (χ1) is 14.1. The minimum absolute atomic E-state index is 0.0444. The summed E-state index contributed by atoms with van der Waals surface area (Å²) in [6.45, 7) is 2.82. The fraction of sp³-hybridized carbons (Fsp3) is 0.364. The highest BCUT2D eigenvalue weighted by molar-refractivity contribution is 5.79. The van der Waals surface area contributed by atoms with E-state index in [9.17, 15) is 13.6 Å². The van der Waals surface area contributed by atoms with E-state index in [0.717, 1.165) is 56.0 Å². The summed E-state index contributed by atoms with van der Waals surface area (Å²) in [5, 5.41) is 3.97. The number of likely N-dealkylation sites (tertiary alicyclic amines) is 1. The smallest absolute Gasteiger partial charge is 0.223 e. The number of nitrogens with zero attached hydrogens (tertiary/aromatic N) is 2. The van der Waals surface area contributed by atoms with Gasteiger partial charge in [0.2, 0.25) is 5.91 Å². The molecule has 0 bridgehead atoms. The topological polar surface area (TPSA) is 61.0 Å². The van der Waals surface area contributed by atoms with Gasteiger partial charge >= 0.3 is 0 Å². The highest BCUT2D eigenvalue weighted by Gasteiger charge is 2.24. The van der Waals surface area contributed by atoms with Crippen molar-refractivity contribution in [2.45, 2.75) is 25.8 Å². The Morgan fingerprint density at radius 3 is 2.72 bits per heavy atom. The predicted molar refractivity (Wildman–Crippen MR) is 107 cm³/mol. The van der Waals surface area contributed by atoms with Gasteiger partial charge in [-0.1, -0.05) is 0 Å². The van der Waals surface area contributed by atoms with Crippen LogP contribution in [0.4, 0.5) is 8.78 Å². The van der Waals surface area contributed by atoms with Gasteiger partial charge in [0.25, 0.3) is 0 Å². The van der Waals surface area contributed by atoms with Crippen LogP contribution in [-0.4, -0.2) is 40.4 Å². The highest BCUT2D eigenvalue weighted by Crippen LogP contribution is 2.20. The zero-order valence-corrected chi connectivity index (χ0v) is 16.1. The maximum atomic E-state index is 13.2. The molecule has 0 saturated carbocycles. The largest absolute Gasteiger partial charge is 0.352 e. The zero-order chi connectivity index (χ0) is 20.2. The van der Waals surface area contributed by atoms with E-state index in [4.69, 9.17) is 0 Å². The molecule has 2 N–H and O–H groups in total. The van der Waals surface area contributed by atoms with Crippen molar-refractivity contribution in [1.82, 2.24) is 20.2 Å². The second-order valence-corrected chi connectivity index (χ2v) is 7.57. The number of H-pyrrole nitrogens is 1. The van der Waals surface area contributed by atoms with E-state index in [2.05, 4.69) is 26.3 Å². The molecule has 29 heavy (non-hydrogen) atoms. The monoisotopic (exact) mass is 398 g/mol. The Bertz CT molecular complexity index is 975. The van der Waals surface area contributed by atoms with Crippen LogP contribution >= 0.6 is 0 Å². The number of carbonyl (C=O) groups excluding carboxylic acids is 1. The number of aromatic amines is 1. The van der Waals surface area contributed by atoms with E-state index in [1.54, 1.807) is 6.20 Å². The molecule has 1 aliphatic heterocycles. The summed E-state index contributed by atoms with van der Waals surface area (Å²) < 4.78 is 26.5. The molecular weight excluding hydrogens is 374 g/mol. The summed E-state index contributed by atoms with van der Waals surface area (Å²) in [4.78, 5) is 22.3. The van der Waals surface area contributed by atoms with Crippen molar-refractivity contribution in [3.63, 3.8) is 0 Å². The number of hydrogen-bond donors (Lipinski definition) is 2. The molecule has 7 heteroatoms. The molecule has 0 unspecified atom stereocenters. The zero-order valence-electron chi connectivity index (χ0n) is 16.1. The van der Waals surface area contributed by atoms with Crippen LogP contribution in [0, 0.1) is 17.6 Å². The van der Waals surface area contributed by atoms with E-state index in [1.807, 2.05) is 12.3 Å². The van der Waals surface area contributed by atoms with Gasteiger partial charge in [0.1, 0.15) is 17.3 Å². The van der Waals surface area contributed by atoms with Gasteiger partial charge in [-0.15, -0.1) is 0 Å². The molecular formula is C22H24F2N4O. The third-order valence-corrected chi connectivity index (χ3v) is 5.58. The number of hydrogen-bond acceptors (Lipinski definition) is 3. The van der Waals surface area contributed by atoms with Gasteiger partial charge in [0.15, 0.2) is 0 Å². The molecule has 2 aromatic heterocycles. The lowest BCUT2D eigenvalue weighted by molar-refractivity contribution is -0.126. The molecule has 1 saturated heterocycles. The van der Waals surface area contributed by atoms with E-state index >= 15 is 0 Å². The van der Waals surface area contributed by atoms with Crippen LogP contribution in [0.5, 0.6) is 0 Å². The van der Waals surface area contributed by atoms with Crippen molar-refractivity contribution in [3.05, 3.63) is 65.5 Å². The molecule has 0 aliphatic carbocycles. The SMILES string of the molecule is O=C(NCc1cc(F)cc(F)c1)C1CCN(CCc2c[nH]c3ncccc23)CC1. The number of piperidine rings is 1. The third-order valence-electron chi connectivity index (χ3n) is 5.58. The molecule has 152 valence electrons. The Kier molecular flexibility index (Phi) is 5.85. The number of benzene rings is 1. The number of nitrogens with one attached hydrogen (secondary N) is 2. The predicted octanol–water partition coefficient (Wildman–Crippen LogP) is 3.41. The summed E-state index contributed by atoms with van der Waals surface area (Å²) in [6.07, 6.45) is 6.32. The quantitative estimate of drug-likeness (QED) is 0.669. The Hall–Kier alpha value is -2.80. The molecule has 1 amide bonds. The van der Waals surface area contributed by atoms with Gasteiger partial charge in [0, 0.05) is 42.9 Å². The number of aromatic nitrogens is 2. The van der Waals surface area contributed by atoms with Crippen molar-refractivity contribution in [1.29, 1.82) is 0 Å². The Morgan fingerprint density at radius 2 is 1.97 bits per heavy atom. The van der Waals surface area contributed by atoms with Crippen LogP contribution in [-0.2, 0) is 17.8 Å². The average Bonchev–Trinajstić information content (AvgIpc) is 3.13. The fourth-order valence-electron chi connectivity index (χ4n) is 3.96. The molecule has 3 aromatic rings. The normalized spacial score (nSPS) is 15.7. The fourth-order valence-corrected chi connectivity index (χ4v) is 3.96. The second-order valence-electron chi connectivity index (χ2n) is 7.57. The lowest BCUT2D eigenvalue weighted by Crippen LogP contribution is -2.41. The molecule has 1 aliphatic rings. The molecule has 0 radical (unpaired) electrons. The van der Waals surface area contributed by atoms with Gasteiger partial charge in [-0.2, -0.15) is 0 Å². The summed E-state index contributed by atoms with van der Waals surface area (Å²) in [5.74, 6) is -1.36. The Labute approximate surface area is 168 Å². The van der Waals surface area contributed by atoms with Crippen LogP contribution in [0.1, 0.15) is 24.0 Å².